The van der Waals surface area contributed by atoms with Crippen molar-refractivity contribution >= 4 is 29.1 Å². The second-order valence-corrected chi connectivity index (χ2v) is 8.81. The maximum absolute atomic E-state index is 12.3. The van der Waals surface area contributed by atoms with Crippen LogP contribution in [0.4, 0.5) is 0 Å². The standard InChI is InChI=1S/C19H23Cl2NO/c20-16-3-1-2-15(17(16)21)18(23)22-5-4-19-9-12-6-13(10-19)8-14(7-12)11-19/h1-3,12-14H,4-11H2,(H,22,23). The number of carbonyl (C=O) groups excluding carboxylic acids is 1. The zero-order valence-corrected chi connectivity index (χ0v) is 14.8. The summed E-state index contributed by atoms with van der Waals surface area (Å²) in [4.78, 5) is 12.3. The van der Waals surface area contributed by atoms with Crippen LogP contribution in [0.25, 0.3) is 0 Å². The molecule has 0 atom stereocenters. The highest BCUT2D eigenvalue weighted by molar-refractivity contribution is 6.43. The molecule has 1 amide bonds. The van der Waals surface area contributed by atoms with Crippen molar-refractivity contribution in [2.24, 2.45) is 23.2 Å². The van der Waals surface area contributed by atoms with Gasteiger partial charge in [0.25, 0.3) is 5.91 Å². The van der Waals surface area contributed by atoms with Gasteiger partial charge in [0.1, 0.15) is 0 Å². The average molecular weight is 352 g/mol. The van der Waals surface area contributed by atoms with Crippen LogP contribution in [0, 0.1) is 23.2 Å². The first kappa shape index (κ1) is 15.8. The van der Waals surface area contributed by atoms with Crippen molar-refractivity contribution in [1.82, 2.24) is 5.32 Å². The maximum atomic E-state index is 12.3. The molecule has 124 valence electrons. The van der Waals surface area contributed by atoms with Gasteiger partial charge in [0.15, 0.2) is 0 Å². The Morgan fingerprint density at radius 2 is 1.70 bits per heavy atom. The van der Waals surface area contributed by atoms with E-state index in [2.05, 4.69) is 5.32 Å². The summed E-state index contributed by atoms with van der Waals surface area (Å²) in [7, 11) is 0. The van der Waals surface area contributed by atoms with Crippen LogP contribution in [0.5, 0.6) is 0 Å². The first-order valence-electron chi connectivity index (χ1n) is 8.77. The second-order valence-electron chi connectivity index (χ2n) is 8.02. The monoisotopic (exact) mass is 351 g/mol. The minimum absolute atomic E-state index is 0.109. The van der Waals surface area contributed by atoms with Crippen LogP contribution in [-0.2, 0) is 0 Å². The molecule has 0 unspecified atom stereocenters. The summed E-state index contributed by atoms with van der Waals surface area (Å²) in [5.74, 6) is 2.76. The van der Waals surface area contributed by atoms with Gasteiger partial charge in [0, 0.05) is 6.54 Å². The number of hydrogen-bond donors (Lipinski definition) is 1. The number of carbonyl (C=O) groups is 1. The SMILES string of the molecule is O=C(NCCC12CC3CC(CC(C3)C1)C2)c1cccc(Cl)c1Cl. The predicted octanol–water partition coefficient (Wildman–Crippen LogP) is 5.33. The molecule has 2 nitrogen and oxygen atoms in total. The molecule has 0 radical (unpaired) electrons. The molecule has 5 rings (SSSR count). The number of amides is 1. The first-order chi connectivity index (χ1) is 11.0. The molecule has 1 aromatic carbocycles. The first-order valence-corrected chi connectivity index (χ1v) is 9.52. The van der Waals surface area contributed by atoms with Crippen LogP contribution in [0.2, 0.25) is 10.0 Å². The molecule has 4 aliphatic carbocycles. The van der Waals surface area contributed by atoms with Gasteiger partial charge in [0.2, 0.25) is 0 Å². The van der Waals surface area contributed by atoms with Crippen molar-refractivity contribution in [1.29, 1.82) is 0 Å². The number of rotatable bonds is 4. The molecule has 0 spiro atoms. The molecule has 0 aromatic heterocycles. The minimum Gasteiger partial charge on any atom is -0.352 e. The zero-order valence-electron chi connectivity index (χ0n) is 13.3. The van der Waals surface area contributed by atoms with E-state index in [4.69, 9.17) is 23.2 Å². The summed E-state index contributed by atoms with van der Waals surface area (Å²) in [5.41, 5.74) is 0.977. The number of halogens is 2. The van der Waals surface area contributed by atoms with Gasteiger partial charge in [-0.25, -0.2) is 0 Å². The summed E-state index contributed by atoms with van der Waals surface area (Å²) in [6, 6.07) is 5.20. The summed E-state index contributed by atoms with van der Waals surface area (Å²) >= 11 is 12.1. The summed E-state index contributed by atoms with van der Waals surface area (Å²) in [6.07, 6.45) is 9.64. The van der Waals surface area contributed by atoms with Crippen LogP contribution in [-0.4, -0.2) is 12.5 Å². The molecule has 4 aliphatic rings. The van der Waals surface area contributed by atoms with Gasteiger partial charge in [-0.3, -0.25) is 4.79 Å². The van der Waals surface area contributed by atoms with E-state index in [1.54, 1.807) is 18.2 Å². The minimum atomic E-state index is -0.109. The third-order valence-corrected chi connectivity index (χ3v) is 7.12. The molecular formula is C19H23Cl2NO. The van der Waals surface area contributed by atoms with E-state index in [0.717, 1.165) is 30.7 Å². The lowest BCUT2D eigenvalue weighted by atomic mass is 9.49. The van der Waals surface area contributed by atoms with Crippen LogP contribution in [0.15, 0.2) is 18.2 Å². The highest BCUT2D eigenvalue weighted by Gasteiger charge is 2.50. The number of benzene rings is 1. The fraction of sp³-hybridized carbons (Fsp3) is 0.632. The molecule has 1 N–H and O–H groups in total. The molecule has 0 aliphatic heterocycles. The Balaban J connectivity index is 1.37. The normalized spacial score (nSPS) is 34.6. The summed E-state index contributed by atoms with van der Waals surface area (Å²) in [5, 5.41) is 3.84. The topological polar surface area (TPSA) is 29.1 Å². The van der Waals surface area contributed by atoms with E-state index >= 15 is 0 Å². The molecule has 4 saturated carbocycles. The van der Waals surface area contributed by atoms with Gasteiger partial charge < -0.3 is 5.32 Å². The van der Waals surface area contributed by atoms with E-state index in [1.807, 2.05) is 0 Å². The van der Waals surface area contributed by atoms with Crippen molar-refractivity contribution in [3.05, 3.63) is 33.8 Å². The second kappa shape index (κ2) is 5.97. The van der Waals surface area contributed by atoms with Crippen LogP contribution in [0.1, 0.15) is 55.3 Å². The highest BCUT2D eigenvalue weighted by atomic mass is 35.5. The van der Waals surface area contributed by atoms with Crippen molar-refractivity contribution in [2.75, 3.05) is 6.54 Å². The van der Waals surface area contributed by atoms with E-state index in [0.29, 0.717) is 21.0 Å². The molecule has 23 heavy (non-hydrogen) atoms. The average Bonchev–Trinajstić information content (AvgIpc) is 2.48. The molecule has 4 fully saturated rings. The molecule has 0 heterocycles. The van der Waals surface area contributed by atoms with Crippen LogP contribution in [0.3, 0.4) is 0 Å². The molecule has 0 saturated heterocycles. The lowest BCUT2D eigenvalue weighted by molar-refractivity contribution is -0.0564. The predicted molar refractivity (Wildman–Crippen MR) is 94.0 cm³/mol. The van der Waals surface area contributed by atoms with Crippen molar-refractivity contribution in [2.45, 2.75) is 44.9 Å². The number of hydrogen-bond acceptors (Lipinski definition) is 1. The summed E-state index contributed by atoms with van der Waals surface area (Å²) < 4.78 is 0. The van der Waals surface area contributed by atoms with Gasteiger partial charge in [-0.1, -0.05) is 29.3 Å². The van der Waals surface area contributed by atoms with Gasteiger partial charge in [-0.05, 0) is 80.2 Å². The van der Waals surface area contributed by atoms with Gasteiger partial charge in [0.05, 0.1) is 15.6 Å². The number of nitrogens with one attached hydrogen (secondary N) is 1. The van der Waals surface area contributed by atoms with Gasteiger partial charge in [-0.15, -0.1) is 0 Å². The van der Waals surface area contributed by atoms with E-state index in [9.17, 15) is 4.79 Å². The third-order valence-electron chi connectivity index (χ3n) is 6.30. The fourth-order valence-electron chi connectivity index (χ4n) is 5.81. The van der Waals surface area contributed by atoms with Crippen molar-refractivity contribution in [3.8, 4) is 0 Å². The van der Waals surface area contributed by atoms with Crippen molar-refractivity contribution < 1.29 is 4.79 Å². The van der Waals surface area contributed by atoms with Crippen molar-refractivity contribution in [3.63, 3.8) is 0 Å². The molecule has 4 heteroatoms. The third kappa shape index (κ3) is 3.00. The smallest absolute Gasteiger partial charge is 0.252 e. The van der Waals surface area contributed by atoms with E-state index < -0.39 is 0 Å². The Bertz CT molecular complexity index is 593. The Kier molecular flexibility index (Phi) is 4.09. The van der Waals surface area contributed by atoms with Crippen LogP contribution >= 0.6 is 23.2 Å². The van der Waals surface area contributed by atoms with Crippen LogP contribution < -0.4 is 5.32 Å². The molecular weight excluding hydrogens is 329 g/mol. The Morgan fingerprint density at radius 1 is 1.09 bits per heavy atom. The van der Waals surface area contributed by atoms with E-state index in [-0.39, 0.29) is 5.91 Å². The fourth-order valence-corrected chi connectivity index (χ4v) is 6.20. The Morgan fingerprint density at radius 3 is 2.30 bits per heavy atom. The Labute approximate surface area is 147 Å². The largest absolute Gasteiger partial charge is 0.352 e. The van der Waals surface area contributed by atoms with E-state index in [1.165, 1.54) is 38.5 Å². The highest BCUT2D eigenvalue weighted by Crippen LogP contribution is 2.61. The molecule has 4 bridgehead atoms. The summed E-state index contributed by atoms with van der Waals surface area (Å²) in [6.45, 7) is 0.744. The molecule has 1 aromatic rings. The van der Waals surface area contributed by atoms with Gasteiger partial charge >= 0.3 is 0 Å². The lowest BCUT2D eigenvalue weighted by Crippen LogP contribution is -2.47. The maximum Gasteiger partial charge on any atom is 0.252 e. The Hall–Kier alpha value is -0.730. The zero-order chi connectivity index (χ0) is 16.0. The van der Waals surface area contributed by atoms with Gasteiger partial charge in [-0.2, -0.15) is 0 Å². The lowest BCUT2D eigenvalue weighted by Gasteiger charge is -2.57. The quantitative estimate of drug-likeness (QED) is 0.780.